The lowest BCUT2D eigenvalue weighted by atomic mass is 9.89. The van der Waals surface area contributed by atoms with E-state index < -0.39 is 5.54 Å². The van der Waals surface area contributed by atoms with E-state index in [4.69, 9.17) is 22.3 Å². The van der Waals surface area contributed by atoms with Crippen LogP contribution < -0.4 is 5.73 Å². The van der Waals surface area contributed by atoms with Crippen molar-refractivity contribution < 1.29 is 0 Å². The zero-order valence-corrected chi connectivity index (χ0v) is 13.0. The minimum absolute atomic E-state index is 0.376. The standard InChI is InChI=1S/C16H21ClN2/c1-9(2)14-8-13(16(4,5)18)12-7-11(17)6-10(3)15(12)19-14/h6-9H,18H2,1-5H3. The molecule has 0 fully saturated rings. The molecule has 0 aliphatic heterocycles. The van der Waals surface area contributed by atoms with E-state index in [0.29, 0.717) is 5.92 Å². The zero-order valence-electron chi connectivity index (χ0n) is 12.2. The zero-order chi connectivity index (χ0) is 14.4. The van der Waals surface area contributed by atoms with Gasteiger partial charge in [0.25, 0.3) is 0 Å². The van der Waals surface area contributed by atoms with Crippen LogP contribution in [0.4, 0.5) is 0 Å². The number of benzene rings is 1. The molecule has 0 radical (unpaired) electrons. The van der Waals surface area contributed by atoms with Crippen molar-refractivity contribution in [1.82, 2.24) is 4.98 Å². The van der Waals surface area contributed by atoms with E-state index in [9.17, 15) is 0 Å². The number of pyridine rings is 1. The SMILES string of the molecule is Cc1cc(Cl)cc2c(C(C)(C)N)cc(C(C)C)nc12. The lowest BCUT2D eigenvalue weighted by Gasteiger charge is -2.23. The van der Waals surface area contributed by atoms with Crippen molar-refractivity contribution in [2.75, 3.05) is 0 Å². The summed E-state index contributed by atoms with van der Waals surface area (Å²) < 4.78 is 0. The first-order chi connectivity index (χ1) is 8.70. The van der Waals surface area contributed by atoms with Gasteiger partial charge in [0.05, 0.1) is 5.52 Å². The number of nitrogens with two attached hydrogens (primary N) is 1. The van der Waals surface area contributed by atoms with Crippen LogP contribution in [0.2, 0.25) is 5.02 Å². The van der Waals surface area contributed by atoms with Crippen LogP contribution in [0.15, 0.2) is 18.2 Å². The summed E-state index contributed by atoms with van der Waals surface area (Å²) >= 11 is 6.18. The number of rotatable bonds is 2. The highest BCUT2D eigenvalue weighted by atomic mass is 35.5. The molecule has 0 saturated heterocycles. The number of hydrogen-bond donors (Lipinski definition) is 1. The Morgan fingerprint density at radius 3 is 2.37 bits per heavy atom. The van der Waals surface area contributed by atoms with Crippen LogP contribution in [-0.2, 0) is 5.54 Å². The Kier molecular flexibility index (Phi) is 3.59. The van der Waals surface area contributed by atoms with Crippen molar-refractivity contribution in [2.24, 2.45) is 5.73 Å². The predicted octanol–water partition coefficient (Wildman–Crippen LogP) is 4.51. The molecular formula is C16H21ClN2. The molecule has 0 bridgehead atoms. The first-order valence-electron chi connectivity index (χ1n) is 6.60. The molecule has 0 atom stereocenters. The van der Waals surface area contributed by atoms with E-state index >= 15 is 0 Å². The molecule has 0 aliphatic carbocycles. The van der Waals surface area contributed by atoms with Gasteiger partial charge in [-0.15, -0.1) is 0 Å². The van der Waals surface area contributed by atoms with E-state index in [1.807, 2.05) is 32.9 Å². The number of aryl methyl sites for hydroxylation is 1. The molecule has 0 saturated carbocycles. The number of aromatic nitrogens is 1. The second-order valence-electron chi connectivity index (χ2n) is 6.09. The van der Waals surface area contributed by atoms with Crippen molar-refractivity contribution >= 4 is 22.5 Å². The molecule has 0 amide bonds. The van der Waals surface area contributed by atoms with Gasteiger partial charge in [-0.2, -0.15) is 0 Å². The summed E-state index contributed by atoms with van der Waals surface area (Å²) in [5.41, 5.74) is 10.2. The lowest BCUT2D eigenvalue weighted by molar-refractivity contribution is 0.557. The predicted molar refractivity (Wildman–Crippen MR) is 82.8 cm³/mol. The maximum absolute atomic E-state index is 6.32. The fourth-order valence-corrected chi connectivity index (χ4v) is 2.58. The molecule has 0 unspecified atom stereocenters. The van der Waals surface area contributed by atoms with Crippen molar-refractivity contribution in [1.29, 1.82) is 0 Å². The summed E-state index contributed by atoms with van der Waals surface area (Å²) in [5.74, 6) is 0.376. The number of fused-ring (bicyclic) bond motifs is 1. The number of hydrogen-bond acceptors (Lipinski definition) is 2. The molecule has 1 aromatic carbocycles. The first kappa shape index (κ1) is 14.3. The molecule has 3 heteroatoms. The quantitative estimate of drug-likeness (QED) is 0.876. The Balaban J connectivity index is 2.90. The van der Waals surface area contributed by atoms with Gasteiger partial charge in [-0.05, 0) is 56.0 Å². The second-order valence-corrected chi connectivity index (χ2v) is 6.53. The van der Waals surface area contributed by atoms with E-state index in [1.54, 1.807) is 0 Å². The van der Waals surface area contributed by atoms with Gasteiger partial charge in [0, 0.05) is 21.6 Å². The Morgan fingerprint density at radius 1 is 1.21 bits per heavy atom. The Morgan fingerprint density at radius 2 is 1.84 bits per heavy atom. The van der Waals surface area contributed by atoms with Gasteiger partial charge in [-0.1, -0.05) is 25.4 Å². The third-order valence-corrected chi connectivity index (χ3v) is 3.59. The van der Waals surface area contributed by atoms with Crippen LogP contribution in [0.3, 0.4) is 0 Å². The molecule has 1 aromatic heterocycles. The molecule has 2 N–H and O–H groups in total. The Labute approximate surface area is 120 Å². The minimum Gasteiger partial charge on any atom is -0.322 e. The maximum Gasteiger partial charge on any atom is 0.0739 e. The number of nitrogens with zero attached hydrogens (tertiary/aromatic N) is 1. The van der Waals surface area contributed by atoms with Gasteiger partial charge < -0.3 is 5.73 Å². The van der Waals surface area contributed by atoms with Gasteiger partial charge in [0.1, 0.15) is 0 Å². The average molecular weight is 277 g/mol. The number of halogens is 1. The fourth-order valence-electron chi connectivity index (χ4n) is 2.31. The fraction of sp³-hybridized carbons (Fsp3) is 0.438. The van der Waals surface area contributed by atoms with Crippen molar-refractivity contribution in [3.63, 3.8) is 0 Å². The normalized spacial score (nSPS) is 12.4. The summed E-state index contributed by atoms with van der Waals surface area (Å²) in [6, 6.07) is 6.03. The van der Waals surface area contributed by atoms with Gasteiger partial charge in [0.2, 0.25) is 0 Å². The lowest BCUT2D eigenvalue weighted by Crippen LogP contribution is -2.29. The first-order valence-corrected chi connectivity index (χ1v) is 6.98. The largest absolute Gasteiger partial charge is 0.322 e. The third kappa shape index (κ3) is 2.75. The summed E-state index contributed by atoms with van der Waals surface area (Å²) in [6.07, 6.45) is 0. The highest BCUT2D eigenvalue weighted by Gasteiger charge is 2.21. The Hall–Kier alpha value is -1.12. The molecule has 2 aromatic rings. The summed E-state index contributed by atoms with van der Waals surface area (Å²) in [7, 11) is 0. The van der Waals surface area contributed by atoms with E-state index in [-0.39, 0.29) is 0 Å². The summed E-state index contributed by atoms with van der Waals surface area (Å²) in [4.78, 5) is 4.78. The van der Waals surface area contributed by atoms with Crippen molar-refractivity contribution in [3.05, 3.63) is 40.0 Å². The van der Waals surface area contributed by atoms with Crippen LogP contribution in [0.25, 0.3) is 10.9 Å². The smallest absolute Gasteiger partial charge is 0.0739 e. The summed E-state index contributed by atoms with van der Waals surface area (Å²) in [6.45, 7) is 10.4. The molecule has 102 valence electrons. The minimum atomic E-state index is -0.415. The van der Waals surface area contributed by atoms with E-state index in [2.05, 4.69) is 19.9 Å². The van der Waals surface area contributed by atoms with Gasteiger partial charge in [-0.3, -0.25) is 4.98 Å². The molecule has 19 heavy (non-hydrogen) atoms. The summed E-state index contributed by atoms with van der Waals surface area (Å²) in [5, 5.41) is 1.79. The van der Waals surface area contributed by atoms with Crippen molar-refractivity contribution in [2.45, 2.75) is 46.1 Å². The van der Waals surface area contributed by atoms with Crippen LogP contribution >= 0.6 is 11.6 Å². The van der Waals surface area contributed by atoms with Gasteiger partial charge >= 0.3 is 0 Å². The van der Waals surface area contributed by atoms with Crippen LogP contribution in [0.1, 0.15) is 50.4 Å². The van der Waals surface area contributed by atoms with Crippen LogP contribution in [-0.4, -0.2) is 4.98 Å². The molecule has 1 heterocycles. The van der Waals surface area contributed by atoms with Gasteiger partial charge in [0.15, 0.2) is 0 Å². The molecule has 2 nitrogen and oxygen atoms in total. The van der Waals surface area contributed by atoms with E-state index in [1.165, 1.54) is 0 Å². The molecule has 0 spiro atoms. The van der Waals surface area contributed by atoms with Crippen LogP contribution in [0, 0.1) is 6.92 Å². The van der Waals surface area contributed by atoms with Crippen LogP contribution in [0.5, 0.6) is 0 Å². The van der Waals surface area contributed by atoms with Crippen molar-refractivity contribution in [3.8, 4) is 0 Å². The molecular weight excluding hydrogens is 256 g/mol. The second kappa shape index (κ2) is 4.77. The average Bonchev–Trinajstić information content (AvgIpc) is 2.26. The van der Waals surface area contributed by atoms with Gasteiger partial charge in [-0.25, -0.2) is 0 Å². The monoisotopic (exact) mass is 276 g/mol. The Bertz CT molecular complexity index is 625. The third-order valence-electron chi connectivity index (χ3n) is 3.37. The molecule has 0 aliphatic rings. The van der Waals surface area contributed by atoms with E-state index in [0.717, 1.165) is 32.7 Å². The highest BCUT2D eigenvalue weighted by molar-refractivity contribution is 6.31. The maximum atomic E-state index is 6.32. The molecule has 2 rings (SSSR count). The highest BCUT2D eigenvalue weighted by Crippen LogP contribution is 2.32. The topological polar surface area (TPSA) is 38.9 Å².